The number of hydrogen-bond acceptors (Lipinski definition) is 6. The van der Waals surface area contributed by atoms with Crippen molar-refractivity contribution in [2.45, 2.75) is 165 Å². The van der Waals surface area contributed by atoms with E-state index in [2.05, 4.69) is 83.3 Å². The number of rotatable bonds is 24. The number of nitrogens with zero attached hydrogens (tertiary/aromatic N) is 2. The molecule has 2 aliphatic heterocycles. The minimum Gasteiger partial charge on any atom is -0.657 e. The Labute approximate surface area is 428 Å². The molecule has 5 heterocycles. The van der Waals surface area contributed by atoms with E-state index < -0.39 is 11.9 Å². The largest absolute Gasteiger partial charge is 2.00 e. The molecule has 0 aromatic carbocycles. The number of fused-ring (bicyclic) bond motifs is 8. The molecular weight excluding hydrogens is 875 g/mol. The van der Waals surface area contributed by atoms with Gasteiger partial charge in [0.2, 0.25) is 17.3 Å². The number of nitrogens with one attached hydrogen (secondary N) is 3. The van der Waals surface area contributed by atoms with E-state index in [0.29, 0.717) is 45.8 Å². The topological polar surface area (TPSA) is 158 Å². The number of ether oxygens (including phenoxy) is 2. The van der Waals surface area contributed by atoms with E-state index in [0.717, 1.165) is 81.5 Å². The SMILES string of the molecule is C=Cc1c(C)c2cc3[nH+]c(c(CC(=O)OC)c4[n-]c(cc5[nH+]c(cc1[n-]2)C(C)=C5CC)c(C)c4C(=O)NCCO)C(CCC(=O)OCC=C(C)CCCC(C)CCCC(C)CCCC(C)C)C3C.[Mg+2]. The van der Waals surface area contributed by atoms with Gasteiger partial charge in [0, 0.05) is 35.2 Å². The Bertz CT molecular complexity index is 2510. The van der Waals surface area contributed by atoms with Gasteiger partial charge in [0.15, 0.2) is 11.4 Å². The van der Waals surface area contributed by atoms with Gasteiger partial charge < -0.3 is 29.9 Å². The number of aromatic amines is 2. The third kappa shape index (κ3) is 15.0. The summed E-state index contributed by atoms with van der Waals surface area (Å²) in [7, 11) is 1.34. The molecule has 0 spiro atoms. The van der Waals surface area contributed by atoms with Crippen LogP contribution in [0.4, 0.5) is 0 Å². The molecular formula is C57H81MgN5O6+2. The van der Waals surface area contributed by atoms with E-state index in [1.807, 2.05) is 38.1 Å². The number of esters is 2. The van der Waals surface area contributed by atoms with Crippen LogP contribution in [0.25, 0.3) is 39.3 Å². The molecule has 0 saturated heterocycles. The summed E-state index contributed by atoms with van der Waals surface area (Å²) in [6.07, 6.45) is 16.2. The van der Waals surface area contributed by atoms with Crippen LogP contribution in [-0.4, -0.2) is 72.9 Å². The molecule has 0 fully saturated rings. The molecule has 370 valence electrons. The minimum absolute atomic E-state index is 0. The minimum atomic E-state index is -0.503. The number of aliphatic hydroxyl groups excluding tert-OH is 1. The molecule has 11 nitrogen and oxygen atoms in total. The zero-order valence-corrected chi connectivity index (χ0v) is 45.3. The molecule has 4 atom stereocenters. The maximum Gasteiger partial charge on any atom is 2.00 e. The number of allylic oxidation sites excluding steroid dienone is 3. The van der Waals surface area contributed by atoms with E-state index in [1.165, 1.54) is 57.6 Å². The summed E-state index contributed by atoms with van der Waals surface area (Å²) in [5.41, 5.74) is 12.5. The maximum atomic E-state index is 14.1. The van der Waals surface area contributed by atoms with Gasteiger partial charge in [-0.3, -0.25) is 14.4 Å². The molecule has 2 aliphatic rings. The summed E-state index contributed by atoms with van der Waals surface area (Å²) in [5, 5.41) is 12.5. The van der Waals surface area contributed by atoms with Crippen molar-refractivity contribution in [3.8, 4) is 0 Å². The number of aliphatic hydroxyl groups is 1. The summed E-state index contributed by atoms with van der Waals surface area (Å²) >= 11 is 0. The first-order chi connectivity index (χ1) is 32.5. The van der Waals surface area contributed by atoms with Gasteiger partial charge in [0.25, 0.3) is 0 Å². The van der Waals surface area contributed by atoms with Crippen molar-refractivity contribution in [2.75, 3.05) is 26.9 Å². The number of carbonyl (C=O) groups excluding carboxylic acids is 3. The van der Waals surface area contributed by atoms with Crippen molar-refractivity contribution in [2.24, 2.45) is 17.8 Å². The van der Waals surface area contributed by atoms with Gasteiger partial charge >= 0.3 is 35.0 Å². The van der Waals surface area contributed by atoms with Gasteiger partial charge in [0.1, 0.15) is 6.61 Å². The Morgan fingerprint density at radius 1 is 0.870 bits per heavy atom. The fourth-order valence-electron chi connectivity index (χ4n) is 10.0. The van der Waals surface area contributed by atoms with Crippen LogP contribution in [0.5, 0.6) is 0 Å². The first-order valence-corrected chi connectivity index (χ1v) is 25.4. The van der Waals surface area contributed by atoms with Crippen LogP contribution in [0.15, 0.2) is 36.4 Å². The van der Waals surface area contributed by atoms with Crippen molar-refractivity contribution in [3.63, 3.8) is 0 Å². The Kier molecular flexibility index (Phi) is 22.5. The van der Waals surface area contributed by atoms with Crippen molar-refractivity contribution in [1.29, 1.82) is 0 Å². The predicted molar refractivity (Wildman–Crippen MR) is 280 cm³/mol. The van der Waals surface area contributed by atoms with E-state index >= 15 is 0 Å². The molecule has 5 rings (SSSR count). The zero-order valence-electron chi connectivity index (χ0n) is 43.9. The Hall–Kier alpha value is -4.52. The average molecular weight is 957 g/mol. The number of carbonyl (C=O) groups is 3. The fraction of sp³-hybridized carbons (Fsp3) is 0.561. The van der Waals surface area contributed by atoms with Crippen molar-refractivity contribution in [3.05, 3.63) is 87.0 Å². The third-order valence-electron chi connectivity index (χ3n) is 14.4. The fourth-order valence-corrected chi connectivity index (χ4v) is 10.0. The first kappa shape index (κ1) is 57.1. The Morgan fingerprint density at radius 3 is 2.16 bits per heavy atom. The second kappa shape index (κ2) is 27.2. The molecule has 0 saturated carbocycles. The van der Waals surface area contributed by atoms with E-state index in [1.54, 1.807) is 0 Å². The standard InChI is InChI=1S/C57H80N5O6.Mg/c1-13-42-38(8)46-31-48-40(10)44(24-25-52(64)68-29-26-37(7)23-17-22-36(6)21-16-20-35(5)19-15-18-34(3)4)55(61-48)45(30-53(65)67-12)56-54(57(66)58-27-28-63)41(11)49(62-56)33-51-43(14-2)39(9)47(60-51)32-50(42)59-46;/h13,26,31-36,40,44,63H,1,14-25,27-30H2,2-12H3,(H2-,58,59,60,61,62,66);/q-1;+2/p+1. The number of methoxy groups -OCH3 is 1. The molecule has 4 unspecified atom stereocenters. The monoisotopic (exact) mass is 956 g/mol. The molecule has 3 aromatic rings. The average Bonchev–Trinajstić information content (AvgIpc) is 3.98. The molecule has 1 amide bonds. The number of aromatic nitrogens is 4. The molecule has 0 aliphatic carbocycles. The van der Waals surface area contributed by atoms with E-state index in [-0.39, 0.29) is 73.5 Å². The van der Waals surface area contributed by atoms with E-state index in [9.17, 15) is 19.5 Å². The van der Waals surface area contributed by atoms with Crippen LogP contribution < -0.4 is 25.3 Å². The summed E-state index contributed by atoms with van der Waals surface area (Å²) in [4.78, 5) is 58.7. The van der Waals surface area contributed by atoms with Crippen molar-refractivity contribution < 1.29 is 38.9 Å². The molecule has 12 heteroatoms. The van der Waals surface area contributed by atoms with Gasteiger partial charge in [-0.05, 0) is 101 Å². The Balaban J connectivity index is 0.0000104. The van der Waals surface area contributed by atoms with Gasteiger partial charge in [-0.15, -0.1) is 22.1 Å². The molecule has 8 bridgehead atoms. The number of H-pyrrole nitrogens is 2. The number of hydrogen-bond donors (Lipinski definition) is 2. The van der Waals surface area contributed by atoms with Crippen molar-refractivity contribution >= 4 is 80.2 Å². The molecule has 3 aromatic heterocycles. The van der Waals surface area contributed by atoms with Crippen LogP contribution in [-0.2, 0) is 25.5 Å². The van der Waals surface area contributed by atoms with E-state index in [4.69, 9.17) is 19.4 Å². The van der Waals surface area contributed by atoms with Gasteiger partial charge in [0.05, 0.1) is 32.0 Å². The molecule has 69 heavy (non-hydrogen) atoms. The molecule has 0 radical (unpaired) electrons. The van der Waals surface area contributed by atoms with Gasteiger partial charge in [-0.2, -0.15) is 0 Å². The maximum absolute atomic E-state index is 14.1. The normalized spacial score (nSPS) is 15.8. The quantitative estimate of drug-likeness (QED) is 0.0510. The Morgan fingerprint density at radius 2 is 1.52 bits per heavy atom. The van der Waals surface area contributed by atoms with Crippen LogP contribution >= 0.6 is 0 Å². The predicted octanol–water partition coefficient (Wildman–Crippen LogP) is 10.7. The van der Waals surface area contributed by atoms with Crippen LogP contribution in [0.2, 0.25) is 0 Å². The van der Waals surface area contributed by atoms with Crippen LogP contribution in [0.1, 0.15) is 200 Å². The summed E-state index contributed by atoms with van der Waals surface area (Å²) in [6.45, 7) is 25.8. The van der Waals surface area contributed by atoms with Crippen molar-refractivity contribution in [1.82, 2.24) is 15.3 Å². The smallest absolute Gasteiger partial charge is 0.657 e. The number of amides is 1. The third-order valence-corrected chi connectivity index (χ3v) is 14.4. The van der Waals surface area contributed by atoms with Crippen LogP contribution in [0.3, 0.4) is 0 Å². The van der Waals surface area contributed by atoms with Gasteiger partial charge in [-0.25, -0.2) is 9.97 Å². The number of aryl methyl sites for hydroxylation is 2. The van der Waals surface area contributed by atoms with Crippen LogP contribution in [0, 0.1) is 31.6 Å². The zero-order chi connectivity index (χ0) is 49.7. The second-order valence-electron chi connectivity index (χ2n) is 20.0. The summed E-state index contributed by atoms with van der Waals surface area (Å²) in [5.74, 6) is 0.621. The summed E-state index contributed by atoms with van der Waals surface area (Å²) in [6, 6.07) is 6.06. The second-order valence-corrected chi connectivity index (χ2v) is 20.0. The molecule has 4 N–H and O–H groups in total. The summed E-state index contributed by atoms with van der Waals surface area (Å²) < 4.78 is 11.1. The first-order valence-electron chi connectivity index (χ1n) is 25.4. The van der Waals surface area contributed by atoms with Gasteiger partial charge in [-0.1, -0.05) is 116 Å².